The van der Waals surface area contributed by atoms with Gasteiger partial charge in [-0.3, -0.25) is 0 Å². The van der Waals surface area contributed by atoms with Crippen LogP contribution in [0.25, 0.3) is 0 Å². The second-order valence-electron chi connectivity index (χ2n) is 5.50. The van der Waals surface area contributed by atoms with Gasteiger partial charge in [0.2, 0.25) is 0 Å². The van der Waals surface area contributed by atoms with Gasteiger partial charge in [-0.05, 0) is 48.4 Å². The molecule has 0 spiro atoms. The monoisotopic (exact) mass is 378 g/mol. The molecule has 0 nitrogen and oxygen atoms in total. The topological polar surface area (TPSA) is 0 Å². The summed E-state index contributed by atoms with van der Waals surface area (Å²) in [6.45, 7) is 11.3. The number of rotatable bonds is 2. The fourth-order valence-electron chi connectivity index (χ4n) is 2.85. The van der Waals surface area contributed by atoms with Crippen molar-refractivity contribution in [1.82, 2.24) is 0 Å². The van der Waals surface area contributed by atoms with Gasteiger partial charge in [0.05, 0.1) is 0 Å². The van der Waals surface area contributed by atoms with Crippen LogP contribution in [0.15, 0.2) is 36.4 Å². The number of hydrogen-bond donors (Lipinski definition) is 0. The maximum Gasteiger partial charge on any atom is 4.00 e. The predicted octanol–water partition coefficient (Wildman–Crippen LogP) is -4.33. The van der Waals surface area contributed by atoms with Crippen molar-refractivity contribution in [2.75, 3.05) is 0 Å². The van der Waals surface area contributed by atoms with E-state index < -0.39 is 0 Å². The quantitative estimate of drug-likeness (QED) is 0.366. The Morgan fingerprint density at radius 3 is 1.71 bits per heavy atom. The third-order valence-electron chi connectivity index (χ3n) is 3.95. The Labute approximate surface area is 162 Å². The molecule has 0 unspecified atom stereocenters. The van der Waals surface area contributed by atoms with E-state index in [2.05, 4.69) is 71.0 Å². The van der Waals surface area contributed by atoms with Gasteiger partial charge in [0.1, 0.15) is 0 Å². The summed E-state index contributed by atoms with van der Waals surface area (Å²) < 4.78 is 0. The van der Waals surface area contributed by atoms with Crippen molar-refractivity contribution in [3.63, 3.8) is 0 Å². The number of benzene rings is 1. The molecule has 0 radical (unpaired) electrons. The Balaban J connectivity index is -0.000000810. The molecule has 0 aliphatic rings. The zero-order chi connectivity index (χ0) is 12.6. The van der Waals surface area contributed by atoms with Gasteiger partial charge in [-0.25, -0.2) is 12.1 Å². The van der Waals surface area contributed by atoms with Crippen LogP contribution in [-0.2, 0) is 27.1 Å². The van der Waals surface area contributed by atoms with Gasteiger partial charge in [0.15, 0.2) is 0 Å². The smallest absolute Gasteiger partial charge is 1.00 e. The van der Waals surface area contributed by atoms with Crippen molar-refractivity contribution in [2.45, 2.75) is 40.0 Å². The van der Waals surface area contributed by atoms with Gasteiger partial charge in [-0.15, -0.1) is 5.56 Å². The minimum Gasteiger partial charge on any atom is -1.00 e. The molecule has 0 aliphatic heterocycles. The molecule has 21 heavy (non-hydrogen) atoms. The summed E-state index contributed by atoms with van der Waals surface area (Å²) in [6.07, 6.45) is 0. The Morgan fingerprint density at radius 1 is 0.810 bits per heavy atom. The minimum atomic E-state index is 0. The first-order valence-corrected chi connectivity index (χ1v) is 6.24. The van der Waals surface area contributed by atoms with Crippen molar-refractivity contribution in [3.05, 3.63) is 64.2 Å². The van der Waals surface area contributed by atoms with E-state index in [1.807, 2.05) is 0 Å². The normalized spacial score (nSPS) is 9.57. The van der Waals surface area contributed by atoms with Gasteiger partial charge in [-0.2, -0.15) is 12.1 Å². The maximum atomic E-state index is 2.32. The first-order chi connectivity index (χ1) is 7.94. The van der Waals surface area contributed by atoms with E-state index in [-0.39, 0.29) is 64.4 Å². The molecule has 0 atom stereocenters. The van der Waals surface area contributed by atoms with E-state index in [0.717, 1.165) is 0 Å². The molecule has 4 heteroatoms. The summed E-state index contributed by atoms with van der Waals surface area (Å²) in [5.74, 6) is 0. The third-order valence-corrected chi connectivity index (χ3v) is 3.95. The molecule has 0 aliphatic carbocycles. The molecular formula is C17H21Cl3Ti. The van der Waals surface area contributed by atoms with Crippen molar-refractivity contribution in [3.8, 4) is 0 Å². The van der Waals surface area contributed by atoms with Crippen LogP contribution >= 0.6 is 0 Å². The standard InChI is InChI=1S/C17H21.3ClH.Ti/c1-12-10-11-13(2)16(14(12)3)17(4,5)15-8-6-7-9-15;;;;/h6-11H,1-5H3;3*1H;/q-1;;;;+4/p-3. The fourth-order valence-corrected chi connectivity index (χ4v) is 2.85. The molecule has 114 valence electrons. The first kappa shape index (κ1) is 26.1. The molecule has 2 aromatic carbocycles. The van der Waals surface area contributed by atoms with Crippen LogP contribution in [0.2, 0.25) is 0 Å². The van der Waals surface area contributed by atoms with Crippen molar-refractivity contribution < 1.29 is 58.9 Å². The summed E-state index contributed by atoms with van der Waals surface area (Å²) in [5.41, 5.74) is 7.16. The van der Waals surface area contributed by atoms with E-state index in [9.17, 15) is 0 Å². The van der Waals surface area contributed by atoms with Crippen LogP contribution in [-0.4, -0.2) is 0 Å². The van der Waals surface area contributed by atoms with Gasteiger partial charge < -0.3 is 37.2 Å². The second-order valence-corrected chi connectivity index (χ2v) is 5.50. The molecule has 0 amide bonds. The zero-order valence-corrected chi connectivity index (χ0v) is 16.9. The molecule has 0 aromatic heterocycles. The molecule has 2 aromatic rings. The fraction of sp³-hybridized carbons (Fsp3) is 0.353. The zero-order valence-electron chi connectivity index (χ0n) is 13.1. The Morgan fingerprint density at radius 2 is 1.24 bits per heavy atom. The molecule has 0 bridgehead atoms. The van der Waals surface area contributed by atoms with Crippen LogP contribution in [0.4, 0.5) is 0 Å². The van der Waals surface area contributed by atoms with E-state index in [1.54, 1.807) is 0 Å². The Bertz CT molecular complexity index is 531. The van der Waals surface area contributed by atoms with Crippen LogP contribution < -0.4 is 37.2 Å². The Kier molecular flexibility index (Phi) is 12.5. The van der Waals surface area contributed by atoms with Gasteiger partial charge in [0, 0.05) is 0 Å². The third kappa shape index (κ3) is 5.08. The largest absolute Gasteiger partial charge is 4.00 e. The molecule has 2 rings (SSSR count). The van der Waals surface area contributed by atoms with Crippen molar-refractivity contribution >= 4 is 0 Å². The van der Waals surface area contributed by atoms with Crippen LogP contribution in [0.1, 0.15) is 41.7 Å². The van der Waals surface area contributed by atoms with E-state index in [1.165, 1.54) is 27.8 Å². The van der Waals surface area contributed by atoms with E-state index >= 15 is 0 Å². The van der Waals surface area contributed by atoms with Gasteiger partial charge >= 0.3 is 21.7 Å². The van der Waals surface area contributed by atoms with Crippen LogP contribution in [0.3, 0.4) is 0 Å². The molecule has 0 saturated heterocycles. The summed E-state index contributed by atoms with van der Waals surface area (Å²) in [6, 6.07) is 13.1. The summed E-state index contributed by atoms with van der Waals surface area (Å²) >= 11 is 0. The van der Waals surface area contributed by atoms with Crippen molar-refractivity contribution in [2.24, 2.45) is 0 Å². The van der Waals surface area contributed by atoms with E-state index in [0.29, 0.717) is 0 Å². The molecule has 0 saturated carbocycles. The molecular weight excluding hydrogens is 358 g/mol. The summed E-state index contributed by atoms with van der Waals surface area (Å²) in [4.78, 5) is 0. The van der Waals surface area contributed by atoms with E-state index in [4.69, 9.17) is 0 Å². The van der Waals surface area contributed by atoms with Crippen molar-refractivity contribution in [1.29, 1.82) is 0 Å². The second kappa shape index (κ2) is 10.0. The predicted molar refractivity (Wildman–Crippen MR) is 74.8 cm³/mol. The van der Waals surface area contributed by atoms with Crippen LogP contribution in [0, 0.1) is 20.8 Å². The maximum absolute atomic E-state index is 2.32. The first-order valence-electron chi connectivity index (χ1n) is 6.24. The average molecular weight is 380 g/mol. The average Bonchev–Trinajstić information content (AvgIpc) is 2.77. The number of halogens is 3. The van der Waals surface area contributed by atoms with Gasteiger partial charge in [0.25, 0.3) is 0 Å². The number of hydrogen-bond acceptors (Lipinski definition) is 0. The van der Waals surface area contributed by atoms with Crippen LogP contribution in [0.5, 0.6) is 0 Å². The number of aryl methyl sites for hydroxylation is 2. The SMILES string of the molecule is Cc1ccc(C)c(C(C)(C)[c-]2cccc2)c1C.[Cl-].[Cl-].[Cl-].[Ti+4]. The Hall–Kier alpha value is 0.154. The molecule has 0 heterocycles. The summed E-state index contributed by atoms with van der Waals surface area (Å²) in [7, 11) is 0. The van der Waals surface area contributed by atoms with Gasteiger partial charge in [-0.1, -0.05) is 26.0 Å². The molecule has 0 fully saturated rings. The summed E-state index contributed by atoms with van der Waals surface area (Å²) in [5, 5.41) is 0. The minimum absolute atomic E-state index is 0. The molecule has 0 N–H and O–H groups in total.